The average Bonchev–Trinajstić information content (AvgIpc) is 3.49. The van der Waals surface area contributed by atoms with Gasteiger partial charge in [0.1, 0.15) is 11.4 Å². The van der Waals surface area contributed by atoms with Crippen LogP contribution < -0.4 is 15.4 Å². The van der Waals surface area contributed by atoms with E-state index in [4.69, 9.17) is 4.74 Å². The molecular formula is C22H19FN2O3S. The smallest absolute Gasteiger partial charge is 0.266 e. The molecule has 148 valence electrons. The number of amides is 2. The second kappa shape index (κ2) is 8.05. The zero-order valence-electron chi connectivity index (χ0n) is 15.7. The van der Waals surface area contributed by atoms with Crippen molar-refractivity contribution in [2.24, 2.45) is 5.92 Å². The molecule has 7 heteroatoms. The molecule has 1 aromatic heterocycles. The van der Waals surface area contributed by atoms with E-state index in [1.807, 2.05) is 6.07 Å². The van der Waals surface area contributed by atoms with Crippen LogP contribution in [0.1, 0.15) is 28.1 Å². The van der Waals surface area contributed by atoms with Crippen molar-refractivity contribution in [3.63, 3.8) is 0 Å². The normalized spacial score (nSPS) is 13.0. The lowest BCUT2D eigenvalue weighted by molar-refractivity contribution is -0.117. The largest absolute Gasteiger partial charge is 0.455 e. The summed E-state index contributed by atoms with van der Waals surface area (Å²) >= 11 is 1.17. The van der Waals surface area contributed by atoms with Gasteiger partial charge in [-0.3, -0.25) is 9.59 Å². The van der Waals surface area contributed by atoms with Gasteiger partial charge in [-0.15, -0.1) is 11.3 Å². The monoisotopic (exact) mass is 410 g/mol. The van der Waals surface area contributed by atoms with Crippen molar-refractivity contribution >= 4 is 33.8 Å². The number of nitrogens with one attached hydrogen (secondary N) is 2. The van der Waals surface area contributed by atoms with Crippen LogP contribution in [0.3, 0.4) is 0 Å². The summed E-state index contributed by atoms with van der Waals surface area (Å²) in [6, 6.07) is 15.1. The molecule has 0 bridgehead atoms. The van der Waals surface area contributed by atoms with Crippen LogP contribution in [0.2, 0.25) is 0 Å². The Hall–Kier alpha value is -3.19. The fourth-order valence-corrected chi connectivity index (χ4v) is 3.81. The maximum absolute atomic E-state index is 14.5. The summed E-state index contributed by atoms with van der Waals surface area (Å²) < 4.78 is 20.2. The lowest BCUT2D eigenvalue weighted by Crippen LogP contribution is -2.13. The van der Waals surface area contributed by atoms with Gasteiger partial charge in [0.15, 0.2) is 11.6 Å². The highest BCUT2D eigenvalue weighted by Gasteiger charge is 2.30. The van der Waals surface area contributed by atoms with E-state index in [1.165, 1.54) is 23.5 Å². The van der Waals surface area contributed by atoms with Crippen molar-refractivity contribution in [3.8, 4) is 11.5 Å². The molecule has 29 heavy (non-hydrogen) atoms. The Bertz CT molecular complexity index is 1060. The van der Waals surface area contributed by atoms with Crippen LogP contribution in [0.15, 0.2) is 54.6 Å². The fraction of sp³-hybridized carbons (Fsp3) is 0.182. The molecule has 2 amide bonds. The van der Waals surface area contributed by atoms with Crippen molar-refractivity contribution in [1.29, 1.82) is 0 Å². The number of aryl methyl sites for hydroxylation is 1. The molecule has 2 N–H and O–H groups in total. The van der Waals surface area contributed by atoms with E-state index in [0.717, 1.165) is 12.8 Å². The maximum atomic E-state index is 14.5. The van der Waals surface area contributed by atoms with E-state index in [2.05, 4.69) is 10.6 Å². The van der Waals surface area contributed by atoms with Gasteiger partial charge in [-0.2, -0.15) is 0 Å². The molecule has 0 spiro atoms. The average molecular weight is 410 g/mol. The molecule has 5 nitrogen and oxygen atoms in total. The molecule has 0 radical (unpaired) electrons. The maximum Gasteiger partial charge on any atom is 0.266 e. The van der Waals surface area contributed by atoms with Gasteiger partial charge in [0, 0.05) is 5.92 Å². The number of carbonyl (C=O) groups excluding carboxylic acids is 2. The lowest BCUT2D eigenvalue weighted by Gasteiger charge is -2.13. The summed E-state index contributed by atoms with van der Waals surface area (Å²) in [5.74, 6) is -0.255. The number of hydrogen-bond acceptors (Lipinski definition) is 4. The van der Waals surface area contributed by atoms with E-state index in [1.54, 1.807) is 43.3 Å². The second-order valence-electron chi connectivity index (χ2n) is 6.87. The van der Waals surface area contributed by atoms with Crippen molar-refractivity contribution < 1.29 is 18.7 Å². The molecule has 0 aliphatic heterocycles. The summed E-state index contributed by atoms with van der Waals surface area (Å²) in [4.78, 5) is 25.2. The summed E-state index contributed by atoms with van der Waals surface area (Å²) in [6.45, 7) is 1.78. The Morgan fingerprint density at radius 2 is 1.83 bits per heavy atom. The van der Waals surface area contributed by atoms with Crippen LogP contribution in [0, 0.1) is 18.7 Å². The number of halogens is 1. The second-order valence-corrected chi connectivity index (χ2v) is 7.92. The number of para-hydroxylation sites is 2. The number of carbonyl (C=O) groups is 2. The molecule has 0 saturated heterocycles. The molecule has 2 aromatic carbocycles. The number of ether oxygens (including phenoxy) is 1. The highest BCUT2D eigenvalue weighted by atomic mass is 32.1. The predicted molar refractivity (Wildman–Crippen MR) is 111 cm³/mol. The molecule has 4 rings (SSSR count). The lowest BCUT2D eigenvalue weighted by atomic mass is 10.2. The fourth-order valence-electron chi connectivity index (χ4n) is 2.83. The van der Waals surface area contributed by atoms with Crippen molar-refractivity contribution in [2.45, 2.75) is 19.8 Å². The summed E-state index contributed by atoms with van der Waals surface area (Å²) in [5.41, 5.74) is 0.679. The van der Waals surface area contributed by atoms with E-state index in [9.17, 15) is 14.0 Å². The summed E-state index contributed by atoms with van der Waals surface area (Å²) in [6.07, 6.45) is 1.81. The van der Waals surface area contributed by atoms with Gasteiger partial charge < -0.3 is 15.4 Å². The van der Waals surface area contributed by atoms with E-state index < -0.39 is 11.7 Å². The van der Waals surface area contributed by atoms with Crippen LogP contribution in [-0.2, 0) is 4.79 Å². The predicted octanol–water partition coefficient (Wildman–Crippen LogP) is 5.59. The third-order valence-corrected chi connectivity index (χ3v) is 5.65. The van der Waals surface area contributed by atoms with Crippen LogP contribution in [-0.4, -0.2) is 11.8 Å². The quantitative estimate of drug-likeness (QED) is 0.557. The Morgan fingerprint density at radius 1 is 1.07 bits per heavy atom. The van der Waals surface area contributed by atoms with Gasteiger partial charge in [0.05, 0.1) is 9.88 Å². The van der Waals surface area contributed by atoms with Crippen LogP contribution in [0.5, 0.6) is 11.5 Å². The minimum atomic E-state index is -0.594. The topological polar surface area (TPSA) is 67.4 Å². The molecule has 1 fully saturated rings. The zero-order valence-corrected chi connectivity index (χ0v) is 16.5. The number of anilines is 2. The molecule has 1 heterocycles. The molecule has 3 aromatic rings. The molecule has 0 unspecified atom stereocenters. The summed E-state index contributed by atoms with van der Waals surface area (Å²) in [5, 5.41) is 6.07. The van der Waals surface area contributed by atoms with Gasteiger partial charge >= 0.3 is 0 Å². The van der Waals surface area contributed by atoms with Gasteiger partial charge in [0.2, 0.25) is 5.91 Å². The highest BCUT2D eigenvalue weighted by Crippen LogP contribution is 2.35. The molecule has 0 atom stereocenters. The minimum Gasteiger partial charge on any atom is -0.455 e. The Morgan fingerprint density at radius 3 is 2.55 bits per heavy atom. The third kappa shape index (κ3) is 4.46. The van der Waals surface area contributed by atoms with Crippen molar-refractivity contribution in [2.75, 3.05) is 10.6 Å². The van der Waals surface area contributed by atoms with E-state index in [-0.39, 0.29) is 23.3 Å². The first-order valence-corrected chi connectivity index (χ1v) is 10.1. The summed E-state index contributed by atoms with van der Waals surface area (Å²) in [7, 11) is 0. The third-order valence-electron chi connectivity index (χ3n) is 4.50. The Labute approximate surface area is 171 Å². The number of thiophene rings is 1. The first kappa shape index (κ1) is 19.1. The molecule has 1 aliphatic rings. The van der Waals surface area contributed by atoms with Gasteiger partial charge in [-0.05, 0) is 55.7 Å². The van der Waals surface area contributed by atoms with E-state index in [0.29, 0.717) is 21.2 Å². The van der Waals surface area contributed by atoms with Gasteiger partial charge in [-0.1, -0.05) is 24.3 Å². The standard InChI is InChI=1S/C22H19FN2O3S/c1-13-12-18(24-21(26)14-10-11-14)29-20(13)22(27)25-19-16(23)8-5-9-17(19)28-15-6-3-2-4-7-15/h2-9,12,14H,10-11H2,1H3,(H,24,26)(H,25,27). The van der Waals surface area contributed by atoms with Crippen LogP contribution >= 0.6 is 11.3 Å². The van der Waals surface area contributed by atoms with Crippen molar-refractivity contribution in [1.82, 2.24) is 0 Å². The number of benzene rings is 2. The van der Waals surface area contributed by atoms with Gasteiger partial charge in [0.25, 0.3) is 5.91 Å². The first-order chi connectivity index (χ1) is 14.0. The highest BCUT2D eigenvalue weighted by molar-refractivity contribution is 7.18. The minimum absolute atomic E-state index is 0.0224. The zero-order chi connectivity index (χ0) is 20.4. The molecule has 1 saturated carbocycles. The van der Waals surface area contributed by atoms with Gasteiger partial charge in [-0.25, -0.2) is 4.39 Å². The molecule has 1 aliphatic carbocycles. The number of hydrogen-bond donors (Lipinski definition) is 2. The Kier molecular flexibility index (Phi) is 5.31. The van der Waals surface area contributed by atoms with Crippen molar-refractivity contribution in [3.05, 3.63) is 70.9 Å². The first-order valence-electron chi connectivity index (χ1n) is 9.25. The SMILES string of the molecule is Cc1cc(NC(=O)C2CC2)sc1C(=O)Nc1c(F)cccc1Oc1ccccc1. The van der Waals surface area contributed by atoms with Crippen LogP contribution in [0.25, 0.3) is 0 Å². The van der Waals surface area contributed by atoms with Crippen LogP contribution in [0.4, 0.5) is 15.1 Å². The molecular weight excluding hydrogens is 391 g/mol. The van der Waals surface area contributed by atoms with E-state index >= 15 is 0 Å². The number of rotatable bonds is 6. The Balaban J connectivity index is 1.54.